The highest BCUT2D eigenvalue weighted by atomic mass is 79.9. The van der Waals surface area contributed by atoms with Gasteiger partial charge in [-0.15, -0.1) is 0 Å². The van der Waals surface area contributed by atoms with E-state index >= 15 is 0 Å². The van der Waals surface area contributed by atoms with Crippen LogP contribution in [0.1, 0.15) is 32.6 Å². The summed E-state index contributed by atoms with van der Waals surface area (Å²) in [5.41, 5.74) is 0.770. The smallest absolute Gasteiger partial charge is 0.410 e. The number of aromatic amines is 1. The molecule has 24 heavy (non-hydrogen) atoms. The predicted molar refractivity (Wildman–Crippen MR) is 90.3 cm³/mol. The fraction of sp³-hybridized carbons (Fsp3) is 0.500. The lowest BCUT2D eigenvalue weighted by Gasteiger charge is -2.33. The Morgan fingerprint density at radius 3 is 3.00 bits per heavy atom. The van der Waals surface area contributed by atoms with Gasteiger partial charge in [0.15, 0.2) is 5.82 Å². The summed E-state index contributed by atoms with van der Waals surface area (Å²) in [5.74, 6) is -0.423. The standard InChI is InChI=1S/C16H19BrFN3O3/c1-16(2,3)24-15(22)21-4-5-23-12(8-21)11-6-9-13(17)10(18)7-19-14(9)20-11/h6-7,12H,4-5,8H2,1-3H3,(H,19,20). The van der Waals surface area contributed by atoms with E-state index in [1.54, 1.807) is 11.0 Å². The molecule has 1 fully saturated rings. The van der Waals surface area contributed by atoms with Crippen molar-refractivity contribution >= 4 is 33.1 Å². The van der Waals surface area contributed by atoms with Gasteiger partial charge in [-0.25, -0.2) is 14.2 Å². The van der Waals surface area contributed by atoms with E-state index < -0.39 is 11.4 Å². The van der Waals surface area contributed by atoms with Gasteiger partial charge in [0.1, 0.15) is 17.4 Å². The summed E-state index contributed by atoms with van der Waals surface area (Å²) in [6.45, 7) is 6.74. The molecular formula is C16H19BrFN3O3. The fourth-order valence-electron chi connectivity index (χ4n) is 2.54. The van der Waals surface area contributed by atoms with Crippen LogP contribution in [0.15, 0.2) is 16.7 Å². The van der Waals surface area contributed by atoms with Crippen LogP contribution in [0.4, 0.5) is 9.18 Å². The highest BCUT2D eigenvalue weighted by Gasteiger charge is 2.30. The molecule has 2 aromatic rings. The van der Waals surface area contributed by atoms with E-state index in [0.29, 0.717) is 35.2 Å². The fourth-order valence-corrected chi connectivity index (χ4v) is 2.95. The zero-order valence-electron chi connectivity index (χ0n) is 13.7. The number of rotatable bonds is 1. The molecule has 8 heteroatoms. The monoisotopic (exact) mass is 399 g/mol. The predicted octanol–water partition coefficient (Wildman–Crippen LogP) is 3.77. The molecule has 0 aliphatic carbocycles. The number of halogens is 2. The van der Waals surface area contributed by atoms with Crippen molar-refractivity contribution in [3.63, 3.8) is 0 Å². The molecule has 0 aromatic carbocycles. The second-order valence-corrected chi connectivity index (χ2v) is 7.49. The molecule has 1 unspecified atom stereocenters. The molecule has 3 heterocycles. The summed E-state index contributed by atoms with van der Waals surface area (Å²) in [5, 5.41) is 0.642. The third-order valence-corrected chi connectivity index (χ3v) is 4.44. The topological polar surface area (TPSA) is 67.4 Å². The third kappa shape index (κ3) is 3.54. The van der Waals surface area contributed by atoms with E-state index in [9.17, 15) is 9.18 Å². The van der Waals surface area contributed by atoms with Crippen molar-refractivity contribution in [3.05, 3.63) is 28.2 Å². The maximum atomic E-state index is 13.6. The lowest BCUT2D eigenvalue weighted by atomic mass is 10.2. The molecule has 2 aromatic heterocycles. The molecule has 6 nitrogen and oxygen atoms in total. The number of carbonyl (C=O) groups is 1. The minimum atomic E-state index is -0.543. The molecule has 1 atom stereocenters. The molecule has 0 spiro atoms. The van der Waals surface area contributed by atoms with Crippen LogP contribution in [-0.2, 0) is 9.47 Å². The van der Waals surface area contributed by atoms with E-state index in [4.69, 9.17) is 9.47 Å². The quantitative estimate of drug-likeness (QED) is 0.792. The van der Waals surface area contributed by atoms with E-state index in [2.05, 4.69) is 25.9 Å². The van der Waals surface area contributed by atoms with Gasteiger partial charge < -0.3 is 19.4 Å². The normalized spacial score (nSPS) is 18.9. The number of hydrogen-bond donors (Lipinski definition) is 1. The van der Waals surface area contributed by atoms with E-state index in [-0.39, 0.29) is 12.2 Å². The van der Waals surface area contributed by atoms with Crippen LogP contribution in [0.2, 0.25) is 0 Å². The highest BCUT2D eigenvalue weighted by molar-refractivity contribution is 9.10. The van der Waals surface area contributed by atoms with Gasteiger partial charge in [0.05, 0.1) is 23.8 Å². The number of amides is 1. The first-order valence-corrected chi connectivity index (χ1v) is 8.46. The number of hydrogen-bond acceptors (Lipinski definition) is 4. The zero-order chi connectivity index (χ0) is 17.5. The number of morpholine rings is 1. The van der Waals surface area contributed by atoms with Gasteiger partial charge in [-0.05, 0) is 42.8 Å². The van der Waals surface area contributed by atoms with Crippen molar-refractivity contribution in [2.75, 3.05) is 19.7 Å². The summed E-state index contributed by atoms with van der Waals surface area (Å²) in [6.07, 6.45) is 0.453. The Morgan fingerprint density at radius 1 is 1.54 bits per heavy atom. The Morgan fingerprint density at radius 2 is 2.29 bits per heavy atom. The lowest BCUT2D eigenvalue weighted by Crippen LogP contribution is -2.44. The Balaban J connectivity index is 1.80. The average Bonchev–Trinajstić information content (AvgIpc) is 2.94. The summed E-state index contributed by atoms with van der Waals surface area (Å²) in [4.78, 5) is 21.0. The minimum Gasteiger partial charge on any atom is -0.444 e. The number of pyridine rings is 1. The molecule has 0 radical (unpaired) electrons. The number of carbonyl (C=O) groups excluding carboxylic acids is 1. The van der Waals surface area contributed by atoms with Gasteiger partial charge in [-0.3, -0.25) is 0 Å². The summed E-state index contributed by atoms with van der Waals surface area (Å²) >= 11 is 3.23. The number of ether oxygens (including phenoxy) is 2. The third-order valence-electron chi connectivity index (χ3n) is 3.64. The second-order valence-electron chi connectivity index (χ2n) is 6.69. The van der Waals surface area contributed by atoms with Gasteiger partial charge >= 0.3 is 6.09 Å². The van der Waals surface area contributed by atoms with Crippen LogP contribution < -0.4 is 0 Å². The van der Waals surface area contributed by atoms with Crippen molar-refractivity contribution in [1.82, 2.24) is 14.9 Å². The summed E-state index contributed by atoms with van der Waals surface area (Å²) < 4.78 is 25.1. The number of fused-ring (bicyclic) bond motifs is 1. The molecule has 1 amide bonds. The number of nitrogens with zero attached hydrogens (tertiary/aromatic N) is 2. The molecule has 3 rings (SSSR count). The first kappa shape index (κ1) is 17.2. The summed E-state index contributed by atoms with van der Waals surface area (Å²) in [6, 6.07) is 1.79. The Hall–Kier alpha value is -1.67. The van der Waals surface area contributed by atoms with Crippen LogP contribution in [0, 0.1) is 5.82 Å². The van der Waals surface area contributed by atoms with Crippen LogP contribution in [0.25, 0.3) is 11.0 Å². The van der Waals surface area contributed by atoms with Gasteiger partial charge in [0.2, 0.25) is 0 Å². The zero-order valence-corrected chi connectivity index (χ0v) is 15.3. The molecule has 1 saturated heterocycles. The molecule has 0 bridgehead atoms. The molecule has 1 aliphatic heterocycles. The maximum absolute atomic E-state index is 13.6. The molecular weight excluding hydrogens is 381 g/mol. The average molecular weight is 400 g/mol. The Kier molecular flexibility index (Phi) is 4.52. The van der Waals surface area contributed by atoms with Gasteiger partial charge in [0, 0.05) is 17.6 Å². The number of aromatic nitrogens is 2. The van der Waals surface area contributed by atoms with Gasteiger partial charge in [-0.1, -0.05) is 0 Å². The lowest BCUT2D eigenvalue weighted by molar-refractivity contribution is -0.0444. The van der Waals surface area contributed by atoms with Crippen LogP contribution >= 0.6 is 15.9 Å². The van der Waals surface area contributed by atoms with E-state index in [1.807, 2.05) is 20.8 Å². The van der Waals surface area contributed by atoms with E-state index in [0.717, 1.165) is 11.9 Å². The van der Waals surface area contributed by atoms with Gasteiger partial charge in [-0.2, -0.15) is 0 Å². The number of nitrogens with one attached hydrogen (secondary N) is 1. The maximum Gasteiger partial charge on any atom is 0.410 e. The molecule has 1 aliphatic rings. The highest BCUT2D eigenvalue weighted by Crippen LogP contribution is 2.30. The Bertz CT molecular complexity index is 772. The first-order valence-electron chi connectivity index (χ1n) is 7.67. The summed E-state index contributed by atoms with van der Waals surface area (Å²) in [7, 11) is 0. The van der Waals surface area contributed by atoms with Crippen molar-refractivity contribution in [2.45, 2.75) is 32.5 Å². The van der Waals surface area contributed by atoms with Crippen molar-refractivity contribution in [3.8, 4) is 0 Å². The van der Waals surface area contributed by atoms with Crippen LogP contribution in [0.3, 0.4) is 0 Å². The van der Waals surface area contributed by atoms with Crippen molar-refractivity contribution in [2.24, 2.45) is 0 Å². The van der Waals surface area contributed by atoms with E-state index in [1.165, 1.54) is 0 Å². The van der Waals surface area contributed by atoms with Crippen molar-refractivity contribution in [1.29, 1.82) is 0 Å². The molecule has 130 valence electrons. The van der Waals surface area contributed by atoms with Crippen molar-refractivity contribution < 1.29 is 18.7 Å². The first-order chi connectivity index (χ1) is 11.2. The largest absolute Gasteiger partial charge is 0.444 e. The Labute approximate surface area is 147 Å². The minimum absolute atomic E-state index is 0.338. The number of H-pyrrole nitrogens is 1. The van der Waals surface area contributed by atoms with Crippen LogP contribution in [-0.4, -0.2) is 46.3 Å². The molecule has 1 N–H and O–H groups in total. The SMILES string of the molecule is CC(C)(C)OC(=O)N1CCOC(c2cc3c(Br)c(F)cnc3[nH]2)C1. The molecule has 0 saturated carbocycles. The second kappa shape index (κ2) is 6.33. The van der Waals surface area contributed by atoms with Crippen LogP contribution in [0.5, 0.6) is 0 Å². The van der Waals surface area contributed by atoms with Gasteiger partial charge in [0.25, 0.3) is 0 Å².